The summed E-state index contributed by atoms with van der Waals surface area (Å²) in [5.74, 6) is 0. The highest BCUT2D eigenvalue weighted by Crippen LogP contribution is 2.51. The Hall–Kier alpha value is -3.10. The first-order valence-corrected chi connectivity index (χ1v) is 17.1. The number of nitrogens with zero attached hydrogens (tertiary/aromatic N) is 2. The lowest BCUT2D eigenvalue weighted by atomic mass is 9.67. The average Bonchev–Trinajstić information content (AvgIpc) is 3.38. The minimum absolute atomic E-state index is 0.0643. The SMILES string of the molecule is CCCCCCC[N+]1=C(C=CC=C2N(C)c3ccccc3C2(C)Cc2ccccc2)C2(CCCCC2)c2cc(Cl)ccc21. The molecule has 1 unspecified atom stereocenters. The van der Waals surface area contributed by atoms with E-state index in [-0.39, 0.29) is 10.8 Å². The third-order valence-corrected chi connectivity index (χ3v) is 10.7. The second kappa shape index (κ2) is 12.9. The van der Waals surface area contributed by atoms with E-state index < -0.39 is 0 Å². The van der Waals surface area contributed by atoms with E-state index in [9.17, 15) is 0 Å². The van der Waals surface area contributed by atoms with Crippen molar-refractivity contribution in [1.82, 2.24) is 0 Å². The van der Waals surface area contributed by atoms with Crippen molar-refractivity contribution in [3.8, 4) is 0 Å². The number of likely N-dealkylation sites (N-methyl/N-ethyl adjacent to an activating group) is 1. The fourth-order valence-electron chi connectivity index (χ4n) is 8.28. The first-order valence-electron chi connectivity index (χ1n) is 16.7. The van der Waals surface area contributed by atoms with Crippen LogP contribution in [-0.2, 0) is 17.3 Å². The largest absolute Gasteiger partial charge is 0.347 e. The van der Waals surface area contributed by atoms with Crippen LogP contribution in [0.5, 0.6) is 0 Å². The number of fused-ring (bicyclic) bond motifs is 3. The monoisotopic (exact) mass is 591 g/mol. The molecular formula is C40H48ClN2+. The van der Waals surface area contributed by atoms with Gasteiger partial charge in [-0.25, -0.2) is 0 Å². The van der Waals surface area contributed by atoms with Crippen LogP contribution in [0.15, 0.2) is 96.7 Å². The Bertz CT molecular complexity index is 1530. The molecular weight excluding hydrogens is 544 g/mol. The molecule has 1 spiro atoms. The Labute approximate surface area is 264 Å². The smallest absolute Gasteiger partial charge is 0.209 e. The van der Waals surface area contributed by atoms with Gasteiger partial charge in [0.1, 0.15) is 6.54 Å². The summed E-state index contributed by atoms with van der Waals surface area (Å²) in [7, 11) is 2.24. The third-order valence-electron chi connectivity index (χ3n) is 10.4. The summed E-state index contributed by atoms with van der Waals surface area (Å²) >= 11 is 6.67. The molecule has 1 aliphatic carbocycles. The molecule has 6 rings (SSSR count). The molecule has 1 saturated carbocycles. The molecule has 0 radical (unpaired) electrons. The van der Waals surface area contributed by atoms with Gasteiger partial charge in [-0.05, 0) is 68.0 Å². The summed E-state index contributed by atoms with van der Waals surface area (Å²) in [6, 6.07) is 26.6. The number of hydrogen-bond donors (Lipinski definition) is 0. The predicted octanol–water partition coefficient (Wildman–Crippen LogP) is 10.7. The molecule has 0 amide bonds. The summed E-state index contributed by atoms with van der Waals surface area (Å²) in [5.41, 5.74) is 9.75. The van der Waals surface area contributed by atoms with E-state index in [1.807, 2.05) is 0 Å². The van der Waals surface area contributed by atoms with Crippen LogP contribution in [0.4, 0.5) is 11.4 Å². The molecule has 3 aromatic carbocycles. The standard InChI is InChI=1S/C40H48ClN2/c1-4-5-6-7-16-28-43-36-25-24-32(41)29-34(36)40(26-14-9-15-27-40)38(43)23-17-22-37-39(2,30-31-18-10-8-11-19-31)33-20-12-13-21-35(33)42(37)3/h8,10-13,17-25,29H,4-7,9,14-16,26-28,30H2,1-3H3/q+1. The molecule has 3 aromatic rings. The van der Waals surface area contributed by atoms with Gasteiger partial charge in [-0.3, -0.25) is 0 Å². The second-order valence-electron chi connectivity index (χ2n) is 13.2. The van der Waals surface area contributed by atoms with Crippen molar-refractivity contribution in [2.75, 3.05) is 18.5 Å². The number of benzene rings is 3. The number of hydrogen-bond acceptors (Lipinski definition) is 1. The number of rotatable bonds is 10. The van der Waals surface area contributed by atoms with Crippen molar-refractivity contribution in [3.63, 3.8) is 0 Å². The fraction of sp³-hybridized carbons (Fsp3) is 0.425. The van der Waals surface area contributed by atoms with E-state index in [0.717, 1.165) is 18.0 Å². The molecule has 0 saturated heterocycles. The van der Waals surface area contributed by atoms with Crippen LogP contribution in [0.3, 0.4) is 0 Å². The molecule has 2 heterocycles. The molecule has 1 atom stereocenters. The molecule has 2 nitrogen and oxygen atoms in total. The summed E-state index contributed by atoms with van der Waals surface area (Å²) in [6.45, 7) is 5.80. The number of para-hydroxylation sites is 1. The molecule has 0 bridgehead atoms. The predicted molar refractivity (Wildman–Crippen MR) is 184 cm³/mol. The van der Waals surface area contributed by atoms with Gasteiger partial charge in [0.2, 0.25) is 5.69 Å². The normalized spacial score (nSPS) is 21.8. The quantitative estimate of drug-likeness (QED) is 0.168. The van der Waals surface area contributed by atoms with Crippen LogP contribution in [-0.4, -0.2) is 23.9 Å². The third kappa shape index (κ3) is 5.64. The zero-order valence-corrected chi connectivity index (χ0v) is 27.2. The maximum atomic E-state index is 6.67. The summed E-state index contributed by atoms with van der Waals surface area (Å²) in [4.78, 5) is 2.42. The fourth-order valence-corrected chi connectivity index (χ4v) is 8.46. The van der Waals surface area contributed by atoms with Crippen molar-refractivity contribution in [1.29, 1.82) is 0 Å². The summed E-state index contributed by atoms with van der Waals surface area (Å²) < 4.78 is 2.66. The van der Waals surface area contributed by atoms with Crippen molar-refractivity contribution in [2.45, 2.75) is 95.3 Å². The maximum Gasteiger partial charge on any atom is 0.209 e. The Morgan fingerprint density at radius 1 is 0.860 bits per heavy atom. The van der Waals surface area contributed by atoms with Crippen LogP contribution in [0.1, 0.15) is 94.7 Å². The highest BCUT2D eigenvalue weighted by Gasteiger charge is 2.51. The Morgan fingerprint density at radius 2 is 1.60 bits per heavy atom. The maximum absolute atomic E-state index is 6.67. The van der Waals surface area contributed by atoms with Gasteiger partial charge in [0.05, 0.1) is 5.41 Å². The lowest BCUT2D eigenvalue weighted by Gasteiger charge is -2.31. The molecule has 43 heavy (non-hydrogen) atoms. The van der Waals surface area contributed by atoms with Gasteiger partial charge in [-0.2, -0.15) is 4.58 Å². The van der Waals surface area contributed by atoms with Crippen LogP contribution in [0.2, 0.25) is 5.02 Å². The van der Waals surface area contributed by atoms with E-state index in [1.165, 1.54) is 104 Å². The molecule has 1 fully saturated rings. The Kier molecular flexibility index (Phi) is 8.96. The second-order valence-corrected chi connectivity index (χ2v) is 13.7. The van der Waals surface area contributed by atoms with Gasteiger partial charge >= 0.3 is 0 Å². The van der Waals surface area contributed by atoms with Gasteiger partial charge in [0.15, 0.2) is 5.71 Å². The van der Waals surface area contributed by atoms with Gasteiger partial charge in [-0.1, -0.05) is 112 Å². The van der Waals surface area contributed by atoms with Crippen molar-refractivity contribution in [3.05, 3.63) is 118 Å². The first kappa shape index (κ1) is 29.9. The van der Waals surface area contributed by atoms with Gasteiger partial charge in [0, 0.05) is 53.0 Å². The first-order chi connectivity index (χ1) is 21.0. The molecule has 3 heteroatoms. The number of allylic oxidation sites excluding steroid dienone is 4. The van der Waals surface area contributed by atoms with Crippen LogP contribution >= 0.6 is 11.6 Å². The Morgan fingerprint density at radius 3 is 2.40 bits per heavy atom. The molecule has 224 valence electrons. The van der Waals surface area contributed by atoms with E-state index in [4.69, 9.17) is 11.6 Å². The highest BCUT2D eigenvalue weighted by molar-refractivity contribution is 6.30. The Balaban J connectivity index is 1.40. The number of unbranched alkanes of at least 4 members (excludes halogenated alkanes) is 4. The van der Waals surface area contributed by atoms with Gasteiger partial charge in [0.25, 0.3) is 0 Å². The molecule has 0 N–H and O–H groups in total. The van der Waals surface area contributed by atoms with Crippen molar-refractivity contribution < 1.29 is 4.58 Å². The lowest BCUT2D eigenvalue weighted by molar-refractivity contribution is -0.438. The number of anilines is 1. The summed E-state index contributed by atoms with van der Waals surface area (Å²) in [5, 5.41) is 0.862. The summed E-state index contributed by atoms with van der Waals surface area (Å²) in [6.07, 6.45) is 21.0. The highest BCUT2D eigenvalue weighted by atomic mass is 35.5. The van der Waals surface area contributed by atoms with E-state index in [2.05, 4.69) is 121 Å². The molecule has 0 aromatic heterocycles. The van der Waals surface area contributed by atoms with E-state index in [0.29, 0.717) is 0 Å². The van der Waals surface area contributed by atoms with Gasteiger partial charge in [-0.15, -0.1) is 0 Å². The van der Waals surface area contributed by atoms with Gasteiger partial charge < -0.3 is 4.90 Å². The average molecular weight is 592 g/mol. The van der Waals surface area contributed by atoms with E-state index in [1.54, 1.807) is 0 Å². The lowest BCUT2D eigenvalue weighted by Crippen LogP contribution is -2.36. The minimum Gasteiger partial charge on any atom is -0.347 e. The molecule has 2 aliphatic heterocycles. The number of halogens is 1. The van der Waals surface area contributed by atoms with E-state index >= 15 is 0 Å². The zero-order chi connectivity index (χ0) is 29.9. The van der Waals surface area contributed by atoms with Crippen molar-refractivity contribution in [2.24, 2.45) is 0 Å². The molecule has 3 aliphatic rings. The zero-order valence-electron chi connectivity index (χ0n) is 26.4. The topological polar surface area (TPSA) is 6.25 Å². The van der Waals surface area contributed by atoms with Crippen LogP contribution < -0.4 is 4.90 Å². The minimum atomic E-state index is -0.102. The van der Waals surface area contributed by atoms with Crippen LogP contribution in [0, 0.1) is 0 Å². The van der Waals surface area contributed by atoms with Crippen LogP contribution in [0.25, 0.3) is 0 Å². The van der Waals surface area contributed by atoms with Crippen molar-refractivity contribution >= 4 is 28.7 Å².